The molecule has 3 nitrogen and oxygen atoms in total. The van der Waals surface area contributed by atoms with Gasteiger partial charge in [0.15, 0.2) is 0 Å². The molecule has 0 atom stereocenters. The highest BCUT2D eigenvalue weighted by molar-refractivity contribution is 6.09. The minimum Gasteiger partial charge on any atom is -0.462 e. The number of ether oxygens (including phenoxy) is 1. The third-order valence-corrected chi connectivity index (χ3v) is 3.85. The van der Waals surface area contributed by atoms with Gasteiger partial charge in [0.05, 0.1) is 23.6 Å². The summed E-state index contributed by atoms with van der Waals surface area (Å²) in [5.41, 5.74) is 3.12. The maximum absolute atomic E-state index is 12.5. The fourth-order valence-electron chi connectivity index (χ4n) is 2.85. The molecule has 1 aromatic heterocycles. The molecule has 0 aliphatic carbocycles. The Morgan fingerprint density at radius 2 is 1.75 bits per heavy atom. The molecular formula is C21H19NO2. The Morgan fingerprint density at radius 1 is 1.08 bits per heavy atom. The normalized spacial score (nSPS) is 10.5. The standard InChI is InChI=1S/C21H19NO2/c1-3-10-18-19(21(23)24-4-2)16-13-8-9-14-17(16)20(22-18)15-11-6-5-7-12-15/h3,5-9,11-14H,1,4,10H2,2H3. The molecule has 3 heteroatoms. The largest absolute Gasteiger partial charge is 0.462 e. The maximum Gasteiger partial charge on any atom is 0.340 e. The molecule has 0 amide bonds. The van der Waals surface area contributed by atoms with E-state index in [0.29, 0.717) is 24.3 Å². The number of rotatable bonds is 5. The van der Waals surface area contributed by atoms with Crippen LogP contribution in [0.25, 0.3) is 22.0 Å². The summed E-state index contributed by atoms with van der Waals surface area (Å²) in [6, 6.07) is 17.8. The molecule has 1 heterocycles. The van der Waals surface area contributed by atoms with Gasteiger partial charge in [-0.1, -0.05) is 60.7 Å². The van der Waals surface area contributed by atoms with Crippen LogP contribution in [0.5, 0.6) is 0 Å². The summed E-state index contributed by atoms with van der Waals surface area (Å²) in [5.74, 6) is -0.335. The number of esters is 1. The Kier molecular flexibility index (Phi) is 4.71. The van der Waals surface area contributed by atoms with Gasteiger partial charge >= 0.3 is 5.97 Å². The lowest BCUT2D eigenvalue weighted by molar-refractivity contribution is 0.0527. The SMILES string of the molecule is C=CCc1nc(-c2ccccc2)c2ccccc2c1C(=O)OCC. The fraction of sp³-hybridized carbons (Fsp3) is 0.143. The highest BCUT2D eigenvalue weighted by Crippen LogP contribution is 2.31. The predicted octanol–water partition coefficient (Wildman–Crippen LogP) is 4.81. The Morgan fingerprint density at radius 3 is 2.42 bits per heavy atom. The van der Waals surface area contributed by atoms with Crippen molar-refractivity contribution in [1.82, 2.24) is 4.98 Å². The third kappa shape index (κ3) is 2.93. The molecule has 0 saturated heterocycles. The molecule has 2 aromatic carbocycles. The number of allylic oxidation sites excluding steroid dienone is 1. The van der Waals surface area contributed by atoms with E-state index in [-0.39, 0.29) is 5.97 Å². The van der Waals surface area contributed by atoms with Crippen LogP contribution >= 0.6 is 0 Å². The fourth-order valence-corrected chi connectivity index (χ4v) is 2.85. The van der Waals surface area contributed by atoms with Crippen LogP contribution in [-0.4, -0.2) is 17.6 Å². The second kappa shape index (κ2) is 7.09. The predicted molar refractivity (Wildman–Crippen MR) is 97.0 cm³/mol. The molecule has 0 saturated carbocycles. The second-order valence-corrected chi connectivity index (χ2v) is 5.41. The van der Waals surface area contributed by atoms with Gasteiger partial charge in [0, 0.05) is 22.8 Å². The zero-order valence-corrected chi connectivity index (χ0v) is 13.7. The van der Waals surface area contributed by atoms with Crippen molar-refractivity contribution in [3.63, 3.8) is 0 Å². The lowest BCUT2D eigenvalue weighted by atomic mass is 9.97. The Bertz CT molecular complexity index is 885. The first-order valence-electron chi connectivity index (χ1n) is 8.01. The van der Waals surface area contributed by atoms with Crippen LogP contribution in [0.1, 0.15) is 23.0 Å². The van der Waals surface area contributed by atoms with Crippen molar-refractivity contribution in [2.75, 3.05) is 6.61 Å². The molecule has 0 N–H and O–H groups in total. The highest BCUT2D eigenvalue weighted by Gasteiger charge is 2.20. The first-order valence-corrected chi connectivity index (χ1v) is 8.01. The van der Waals surface area contributed by atoms with Gasteiger partial charge in [0.2, 0.25) is 0 Å². The van der Waals surface area contributed by atoms with E-state index in [4.69, 9.17) is 9.72 Å². The summed E-state index contributed by atoms with van der Waals surface area (Å²) in [7, 11) is 0. The van der Waals surface area contributed by atoms with E-state index in [9.17, 15) is 4.79 Å². The van der Waals surface area contributed by atoms with Gasteiger partial charge in [0.1, 0.15) is 0 Å². The van der Waals surface area contributed by atoms with Crippen LogP contribution in [0.4, 0.5) is 0 Å². The molecule has 0 spiro atoms. The quantitative estimate of drug-likeness (QED) is 0.501. The van der Waals surface area contributed by atoms with Gasteiger partial charge in [0.25, 0.3) is 0 Å². The molecule has 3 aromatic rings. The van der Waals surface area contributed by atoms with E-state index in [2.05, 4.69) is 6.58 Å². The summed E-state index contributed by atoms with van der Waals surface area (Å²) in [5, 5.41) is 1.81. The van der Waals surface area contributed by atoms with E-state index < -0.39 is 0 Å². The number of benzene rings is 2. The van der Waals surface area contributed by atoms with Crippen LogP contribution < -0.4 is 0 Å². The van der Waals surface area contributed by atoms with Crippen molar-refractivity contribution in [3.05, 3.63) is 78.5 Å². The second-order valence-electron chi connectivity index (χ2n) is 5.41. The molecule has 24 heavy (non-hydrogen) atoms. The van der Waals surface area contributed by atoms with Gasteiger partial charge < -0.3 is 4.74 Å². The van der Waals surface area contributed by atoms with Crippen LogP contribution in [0.15, 0.2) is 67.3 Å². The summed E-state index contributed by atoms with van der Waals surface area (Å²) < 4.78 is 5.26. The highest BCUT2D eigenvalue weighted by atomic mass is 16.5. The number of hydrogen-bond acceptors (Lipinski definition) is 3. The minimum atomic E-state index is -0.335. The average Bonchev–Trinajstić information content (AvgIpc) is 2.62. The van der Waals surface area contributed by atoms with Gasteiger partial charge in [-0.2, -0.15) is 0 Å². The zero-order chi connectivity index (χ0) is 16.9. The molecule has 0 aliphatic rings. The van der Waals surface area contributed by atoms with E-state index in [1.807, 2.05) is 54.6 Å². The van der Waals surface area contributed by atoms with E-state index >= 15 is 0 Å². The average molecular weight is 317 g/mol. The molecule has 0 radical (unpaired) electrons. The summed E-state index contributed by atoms with van der Waals surface area (Å²) in [6.07, 6.45) is 2.27. The number of fused-ring (bicyclic) bond motifs is 1. The number of hydrogen-bond donors (Lipinski definition) is 0. The number of carbonyl (C=O) groups excluding carboxylic acids is 1. The van der Waals surface area contributed by atoms with E-state index in [1.165, 1.54) is 0 Å². The Hall–Kier alpha value is -2.94. The molecule has 0 fully saturated rings. The zero-order valence-electron chi connectivity index (χ0n) is 13.7. The van der Waals surface area contributed by atoms with Crippen molar-refractivity contribution in [3.8, 4) is 11.3 Å². The number of nitrogens with zero attached hydrogens (tertiary/aromatic N) is 1. The minimum absolute atomic E-state index is 0.334. The first-order chi connectivity index (χ1) is 11.8. The molecule has 0 unspecified atom stereocenters. The topological polar surface area (TPSA) is 39.2 Å². The van der Waals surface area contributed by atoms with Crippen LogP contribution in [0.3, 0.4) is 0 Å². The molecule has 0 aliphatic heterocycles. The van der Waals surface area contributed by atoms with Crippen LogP contribution in [0, 0.1) is 0 Å². The van der Waals surface area contributed by atoms with Crippen molar-refractivity contribution in [2.45, 2.75) is 13.3 Å². The van der Waals surface area contributed by atoms with Gasteiger partial charge in [-0.15, -0.1) is 6.58 Å². The van der Waals surface area contributed by atoms with Crippen LogP contribution in [-0.2, 0) is 11.2 Å². The van der Waals surface area contributed by atoms with Crippen molar-refractivity contribution < 1.29 is 9.53 Å². The van der Waals surface area contributed by atoms with Gasteiger partial charge in [-0.25, -0.2) is 4.79 Å². The molecule has 0 bridgehead atoms. The smallest absolute Gasteiger partial charge is 0.340 e. The van der Waals surface area contributed by atoms with Crippen molar-refractivity contribution in [1.29, 1.82) is 0 Å². The summed E-state index contributed by atoms with van der Waals surface area (Å²) in [4.78, 5) is 17.3. The lowest BCUT2D eigenvalue weighted by Gasteiger charge is -2.14. The molecule has 120 valence electrons. The molecular weight excluding hydrogens is 298 g/mol. The van der Waals surface area contributed by atoms with Gasteiger partial charge in [-0.05, 0) is 6.92 Å². The molecule has 3 rings (SSSR count). The van der Waals surface area contributed by atoms with Crippen LogP contribution in [0.2, 0.25) is 0 Å². The summed E-state index contributed by atoms with van der Waals surface area (Å²) >= 11 is 0. The van der Waals surface area contributed by atoms with Gasteiger partial charge in [-0.3, -0.25) is 4.98 Å². The Labute approximate surface area is 141 Å². The number of pyridine rings is 1. The lowest BCUT2D eigenvalue weighted by Crippen LogP contribution is -2.11. The van der Waals surface area contributed by atoms with E-state index in [0.717, 1.165) is 22.0 Å². The maximum atomic E-state index is 12.5. The third-order valence-electron chi connectivity index (χ3n) is 3.85. The first kappa shape index (κ1) is 15.9. The Balaban J connectivity index is 2.34. The van der Waals surface area contributed by atoms with Crippen molar-refractivity contribution in [2.24, 2.45) is 0 Å². The summed E-state index contributed by atoms with van der Waals surface area (Å²) in [6.45, 7) is 5.93. The monoisotopic (exact) mass is 317 g/mol. The number of carbonyl (C=O) groups is 1. The van der Waals surface area contributed by atoms with E-state index in [1.54, 1.807) is 13.0 Å². The number of aromatic nitrogens is 1. The van der Waals surface area contributed by atoms with Crippen molar-refractivity contribution >= 4 is 16.7 Å².